The van der Waals surface area contributed by atoms with Crippen molar-refractivity contribution < 1.29 is 8.42 Å². The van der Waals surface area contributed by atoms with Gasteiger partial charge in [0.1, 0.15) is 21.4 Å². The average Bonchev–Trinajstić information content (AvgIpc) is 3.12. The van der Waals surface area contributed by atoms with Gasteiger partial charge in [-0.3, -0.25) is 4.79 Å². The van der Waals surface area contributed by atoms with Crippen molar-refractivity contribution >= 4 is 43.7 Å². The third kappa shape index (κ3) is 2.96. The van der Waals surface area contributed by atoms with Crippen LogP contribution in [0.1, 0.15) is 0 Å². The summed E-state index contributed by atoms with van der Waals surface area (Å²) in [6.45, 7) is 0.0460. The van der Waals surface area contributed by atoms with E-state index < -0.39 is 10.0 Å². The number of rotatable bonds is 5. The van der Waals surface area contributed by atoms with Gasteiger partial charge in [-0.2, -0.15) is 8.75 Å². The van der Waals surface area contributed by atoms with Crippen LogP contribution in [0.2, 0.25) is 0 Å². The molecular weight excluding hydrogens is 376 g/mol. The SMILES string of the molecule is O=c1c2ccccc2nnn1CCNS(=O)(=O)c1cccc2nsnc12. The lowest BCUT2D eigenvalue weighted by Gasteiger charge is -2.08. The molecule has 9 nitrogen and oxygen atoms in total. The van der Waals surface area contributed by atoms with Crippen molar-refractivity contribution in [3.8, 4) is 0 Å². The second-order valence-corrected chi connectivity index (χ2v) is 7.68. The van der Waals surface area contributed by atoms with Crippen molar-refractivity contribution in [2.75, 3.05) is 6.54 Å². The summed E-state index contributed by atoms with van der Waals surface area (Å²) in [6, 6.07) is 11.6. The summed E-state index contributed by atoms with van der Waals surface area (Å²) in [7, 11) is -3.79. The highest BCUT2D eigenvalue weighted by molar-refractivity contribution is 7.89. The van der Waals surface area contributed by atoms with Gasteiger partial charge in [0, 0.05) is 6.54 Å². The van der Waals surface area contributed by atoms with Crippen LogP contribution in [0.3, 0.4) is 0 Å². The topological polar surface area (TPSA) is 120 Å². The van der Waals surface area contributed by atoms with Crippen LogP contribution in [0, 0.1) is 0 Å². The monoisotopic (exact) mass is 388 g/mol. The van der Waals surface area contributed by atoms with Gasteiger partial charge in [-0.05, 0) is 24.3 Å². The Kier molecular flexibility index (Phi) is 4.18. The molecule has 2 aromatic heterocycles. The molecule has 4 aromatic rings. The summed E-state index contributed by atoms with van der Waals surface area (Å²) in [6.07, 6.45) is 0. The Morgan fingerprint density at radius 1 is 1.04 bits per heavy atom. The van der Waals surface area contributed by atoms with E-state index in [1.54, 1.807) is 36.4 Å². The van der Waals surface area contributed by atoms with Crippen LogP contribution < -0.4 is 10.3 Å². The molecule has 0 aliphatic rings. The summed E-state index contributed by atoms with van der Waals surface area (Å²) < 4.78 is 36.7. The van der Waals surface area contributed by atoms with Crippen molar-refractivity contribution in [3.63, 3.8) is 0 Å². The van der Waals surface area contributed by atoms with E-state index in [-0.39, 0.29) is 23.5 Å². The highest BCUT2D eigenvalue weighted by Gasteiger charge is 2.19. The first kappa shape index (κ1) is 16.7. The van der Waals surface area contributed by atoms with Gasteiger partial charge in [0.15, 0.2) is 0 Å². The second kappa shape index (κ2) is 6.52. The average molecular weight is 388 g/mol. The molecule has 0 aliphatic carbocycles. The Balaban J connectivity index is 1.55. The van der Waals surface area contributed by atoms with Crippen LogP contribution in [0.15, 0.2) is 52.2 Å². The number of nitrogens with one attached hydrogen (secondary N) is 1. The fourth-order valence-corrected chi connectivity index (χ4v) is 4.32. The smallest absolute Gasteiger partial charge is 0.267 e. The lowest BCUT2D eigenvalue weighted by atomic mass is 10.2. The fraction of sp³-hybridized carbons (Fsp3) is 0.133. The molecule has 132 valence electrons. The Bertz CT molecular complexity index is 1270. The zero-order valence-electron chi connectivity index (χ0n) is 13.2. The van der Waals surface area contributed by atoms with Crippen LogP contribution >= 0.6 is 11.7 Å². The first-order valence-corrected chi connectivity index (χ1v) is 9.81. The van der Waals surface area contributed by atoms with Gasteiger partial charge in [0.25, 0.3) is 5.56 Å². The van der Waals surface area contributed by atoms with Crippen LogP contribution in [0.5, 0.6) is 0 Å². The highest BCUT2D eigenvalue weighted by atomic mass is 32.2. The number of fused-ring (bicyclic) bond motifs is 2. The van der Waals surface area contributed by atoms with Crippen molar-refractivity contribution in [3.05, 3.63) is 52.8 Å². The molecule has 0 amide bonds. The molecule has 2 aromatic carbocycles. The normalized spacial score (nSPS) is 12.0. The van der Waals surface area contributed by atoms with Crippen LogP contribution in [0.4, 0.5) is 0 Å². The number of hydrogen-bond donors (Lipinski definition) is 1. The molecule has 0 fully saturated rings. The minimum atomic E-state index is -3.79. The third-order valence-corrected chi connectivity index (χ3v) is 5.82. The molecule has 0 atom stereocenters. The summed E-state index contributed by atoms with van der Waals surface area (Å²) >= 11 is 0.951. The molecule has 0 radical (unpaired) electrons. The van der Waals surface area contributed by atoms with E-state index in [2.05, 4.69) is 23.8 Å². The molecule has 2 heterocycles. The number of benzene rings is 2. The minimum Gasteiger partial charge on any atom is -0.267 e. The first-order chi connectivity index (χ1) is 12.6. The van der Waals surface area contributed by atoms with E-state index in [0.29, 0.717) is 21.9 Å². The van der Waals surface area contributed by atoms with Crippen LogP contribution in [0.25, 0.3) is 21.9 Å². The zero-order chi connectivity index (χ0) is 18.1. The molecule has 0 saturated carbocycles. The molecule has 1 N–H and O–H groups in total. The first-order valence-electron chi connectivity index (χ1n) is 7.60. The van der Waals surface area contributed by atoms with Gasteiger partial charge in [0.05, 0.1) is 23.7 Å². The fourth-order valence-electron chi connectivity index (χ4n) is 2.53. The van der Waals surface area contributed by atoms with E-state index in [0.717, 1.165) is 16.4 Å². The molecular formula is C15H12N6O3S2. The molecule has 0 unspecified atom stereocenters. The Labute approximate surface area is 151 Å². The maximum Gasteiger partial charge on any atom is 0.277 e. The predicted octanol–water partition coefficient (Wildman–Crippen LogP) is 0.775. The van der Waals surface area contributed by atoms with Gasteiger partial charge in [-0.25, -0.2) is 17.8 Å². The molecule has 0 saturated heterocycles. The highest BCUT2D eigenvalue weighted by Crippen LogP contribution is 2.20. The summed E-state index contributed by atoms with van der Waals surface area (Å²) in [4.78, 5) is 12.4. The molecule has 0 aliphatic heterocycles. The van der Waals surface area contributed by atoms with Crippen molar-refractivity contribution in [1.82, 2.24) is 28.5 Å². The summed E-state index contributed by atoms with van der Waals surface area (Å²) in [5.74, 6) is 0. The predicted molar refractivity (Wildman–Crippen MR) is 96.4 cm³/mol. The largest absolute Gasteiger partial charge is 0.277 e. The minimum absolute atomic E-state index is 0.0107. The van der Waals surface area contributed by atoms with Gasteiger partial charge >= 0.3 is 0 Å². The standard InChI is InChI=1S/C15H12N6O3S2/c22-15-10-4-1-2-5-11(10)17-20-21(15)9-8-16-26(23,24)13-7-3-6-12-14(13)19-25-18-12/h1-7,16H,8-9H2. The maximum atomic E-state index is 12.5. The lowest BCUT2D eigenvalue weighted by Crippen LogP contribution is -2.32. The van der Waals surface area contributed by atoms with Gasteiger partial charge in [0.2, 0.25) is 10.0 Å². The molecule has 11 heteroatoms. The number of sulfonamides is 1. The van der Waals surface area contributed by atoms with Gasteiger partial charge < -0.3 is 0 Å². The third-order valence-electron chi connectivity index (χ3n) is 3.78. The Hall–Kier alpha value is -2.76. The number of hydrogen-bond acceptors (Lipinski definition) is 8. The lowest BCUT2D eigenvalue weighted by molar-refractivity contribution is 0.532. The zero-order valence-corrected chi connectivity index (χ0v) is 14.9. The second-order valence-electron chi connectivity index (χ2n) is 5.42. The van der Waals surface area contributed by atoms with Crippen LogP contribution in [-0.4, -0.2) is 38.7 Å². The van der Waals surface area contributed by atoms with Crippen LogP contribution in [-0.2, 0) is 16.6 Å². The van der Waals surface area contributed by atoms with Gasteiger partial charge in [-0.15, -0.1) is 5.10 Å². The maximum absolute atomic E-state index is 12.5. The summed E-state index contributed by atoms with van der Waals surface area (Å²) in [5.41, 5.74) is 1.03. The van der Waals surface area contributed by atoms with Crippen molar-refractivity contribution in [1.29, 1.82) is 0 Å². The Morgan fingerprint density at radius 3 is 2.73 bits per heavy atom. The Morgan fingerprint density at radius 2 is 1.85 bits per heavy atom. The van der Waals surface area contributed by atoms with Crippen molar-refractivity contribution in [2.24, 2.45) is 0 Å². The quantitative estimate of drug-likeness (QED) is 0.536. The van der Waals surface area contributed by atoms with E-state index >= 15 is 0 Å². The summed E-state index contributed by atoms with van der Waals surface area (Å²) in [5, 5.41) is 8.24. The number of aromatic nitrogens is 5. The van der Waals surface area contributed by atoms with Crippen molar-refractivity contribution in [2.45, 2.75) is 11.4 Å². The van der Waals surface area contributed by atoms with E-state index in [1.807, 2.05) is 0 Å². The van der Waals surface area contributed by atoms with E-state index in [4.69, 9.17) is 0 Å². The molecule has 0 spiro atoms. The molecule has 4 rings (SSSR count). The van der Waals surface area contributed by atoms with E-state index in [9.17, 15) is 13.2 Å². The van der Waals surface area contributed by atoms with Gasteiger partial charge in [-0.1, -0.05) is 23.4 Å². The molecule has 26 heavy (non-hydrogen) atoms. The molecule has 0 bridgehead atoms. The van der Waals surface area contributed by atoms with E-state index in [1.165, 1.54) is 6.07 Å². The number of nitrogens with zero attached hydrogens (tertiary/aromatic N) is 5.